The third kappa shape index (κ3) is 15.6. The second kappa shape index (κ2) is 16.6. The zero-order chi connectivity index (χ0) is 13.3. The molecular formula is C14H26O3S. The number of unbranched alkanes of at least 4 members (excludes halogenated alkanes) is 4. The lowest BCUT2D eigenvalue weighted by molar-refractivity contribution is -0.512. The standard InChI is InChI=1S/C10H22O3.C4H4S/c1-3-5-7-9-11-13-12-10-8-6-4-2;1-2-4-5-3-1/h3-10H2,1-2H3;1-4H. The highest BCUT2D eigenvalue weighted by Gasteiger charge is 1.91. The maximum absolute atomic E-state index is 4.79. The summed E-state index contributed by atoms with van der Waals surface area (Å²) in [6.07, 6.45) is 6.82. The molecule has 0 spiro atoms. The zero-order valence-corrected chi connectivity index (χ0v) is 12.4. The lowest BCUT2D eigenvalue weighted by Crippen LogP contribution is -2.00. The lowest BCUT2D eigenvalue weighted by atomic mass is 10.3. The van der Waals surface area contributed by atoms with Crippen molar-refractivity contribution in [1.29, 1.82) is 0 Å². The minimum absolute atomic E-state index is 0.627. The third-order valence-corrected chi connectivity index (χ3v) is 2.81. The van der Waals surface area contributed by atoms with Crippen molar-refractivity contribution in [3.63, 3.8) is 0 Å². The van der Waals surface area contributed by atoms with E-state index in [0.717, 1.165) is 12.8 Å². The fourth-order valence-electron chi connectivity index (χ4n) is 1.15. The quantitative estimate of drug-likeness (QED) is 0.341. The lowest BCUT2D eigenvalue weighted by Gasteiger charge is -2.02. The van der Waals surface area contributed by atoms with Crippen molar-refractivity contribution in [2.75, 3.05) is 13.2 Å². The molecule has 18 heavy (non-hydrogen) atoms. The van der Waals surface area contributed by atoms with Crippen molar-refractivity contribution < 1.29 is 14.8 Å². The van der Waals surface area contributed by atoms with E-state index in [9.17, 15) is 0 Å². The van der Waals surface area contributed by atoms with Crippen LogP contribution in [0.4, 0.5) is 0 Å². The van der Waals surface area contributed by atoms with E-state index in [1.54, 1.807) is 11.3 Å². The predicted octanol–water partition coefficient (Wildman–Crippen LogP) is 4.99. The first-order valence-electron chi connectivity index (χ1n) is 6.80. The van der Waals surface area contributed by atoms with Gasteiger partial charge in [-0.05, 0) is 23.6 Å². The molecule has 0 N–H and O–H groups in total. The van der Waals surface area contributed by atoms with Crippen molar-refractivity contribution in [2.45, 2.75) is 52.4 Å². The van der Waals surface area contributed by atoms with Crippen LogP contribution in [0.1, 0.15) is 52.4 Å². The minimum Gasteiger partial charge on any atom is -0.206 e. The summed E-state index contributed by atoms with van der Waals surface area (Å²) in [5, 5.41) is 8.61. The highest BCUT2D eigenvalue weighted by Crippen LogP contribution is 1.97. The molecule has 0 radical (unpaired) electrons. The number of hydrogen-bond donors (Lipinski definition) is 0. The summed E-state index contributed by atoms with van der Waals surface area (Å²) in [5.41, 5.74) is 0. The molecule has 0 unspecified atom stereocenters. The van der Waals surface area contributed by atoms with Gasteiger partial charge >= 0.3 is 0 Å². The molecule has 0 bridgehead atoms. The molecule has 0 aliphatic carbocycles. The Hall–Kier alpha value is -0.420. The van der Waals surface area contributed by atoms with Crippen LogP contribution in [0.2, 0.25) is 0 Å². The van der Waals surface area contributed by atoms with Gasteiger partial charge in [0, 0.05) is 0 Å². The molecule has 0 atom stereocenters. The Bertz CT molecular complexity index is 188. The molecule has 1 aromatic heterocycles. The first-order valence-corrected chi connectivity index (χ1v) is 7.74. The van der Waals surface area contributed by atoms with E-state index in [0.29, 0.717) is 13.2 Å². The third-order valence-electron chi connectivity index (χ3n) is 2.18. The average molecular weight is 274 g/mol. The van der Waals surface area contributed by atoms with E-state index in [1.807, 2.05) is 22.9 Å². The summed E-state index contributed by atoms with van der Waals surface area (Å²) < 4.78 is 0. The van der Waals surface area contributed by atoms with E-state index in [2.05, 4.69) is 18.9 Å². The summed E-state index contributed by atoms with van der Waals surface area (Å²) in [5.74, 6) is 0. The van der Waals surface area contributed by atoms with Gasteiger partial charge in [-0.3, -0.25) is 0 Å². The van der Waals surface area contributed by atoms with Crippen LogP contribution in [0.3, 0.4) is 0 Å². The maximum Gasteiger partial charge on any atom is 0.0853 e. The van der Waals surface area contributed by atoms with Gasteiger partial charge in [-0.1, -0.05) is 56.7 Å². The molecule has 1 rings (SSSR count). The van der Waals surface area contributed by atoms with Gasteiger partial charge in [0.15, 0.2) is 0 Å². The number of rotatable bonds is 10. The van der Waals surface area contributed by atoms with Gasteiger partial charge in [0.1, 0.15) is 0 Å². The van der Waals surface area contributed by atoms with Crippen molar-refractivity contribution >= 4 is 11.3 Å². The fraction of sp³-hybridized carbons (Fsp3) is 0.714. The van der Waals surface area contributed by atoms with E-state index in [4.69, 9.17) is 9.78 Å². The molecular weight excluding hydrogens is 248 g/mol. The van der Waals surface area contributed by atoms with Gasteiger partial charge in [0.05, 0.1) is 13.2 Å². The first-order chi connectivity index (χ1) is 8.91. The van der Waals surface area contributed by atoms with Crippen molar-refractivity contribution in [1.82, 2.24) is 0 Å². The molecule has 1 aromatic rings. The summed E-state index contributed by atoms with van der Waals surface area (Å²) in [6.45, 7) is 5.56. The zero-order valence-electron chi connectivity index (χ0n) is 11.6. The maximum atomic E-state index is 4.79. The normalized spacial score (nSPS) is 9.89. The van der Waals surface area contributed by atoms with Gasteiger partial charge < -0.3 is 0 Å². The summed E-state index contributed by atoms with van der Waals surface area (Å²) in [6, 6.07) is 4.04. The van der Waals surface area contributed by atoms with Crippen LogP contribution in [0.25, 0.3) is 0 Å². The van der Waals surface area contributed by atoms with E-state index < -0.39 is 0 Å². The molecule has 0 saturated heterocycles. The topological polar surface area (TPSA) is 27.7 Å². The summed E-state index contributed by atoms with van der Waals surface area (Å²) in [4.78, 5) is 9.59. The van der Waals surface area contributed by atoms with E-state index in [1.165, 1.54) is 25.7 Å². The molecule has 1 heterocycles. The van der Waals surface area contributed by atoms with E-state index >= 15 is 0 Å². The fourth-order valence-corrected chi connectivity index (χ4v) is 1.60. The molecule has 0 aromatic carbocycles. The Labute approximate surface area is 115 Å². The first kappa shape index (κ1) is 17.6. The highest BCUT2D eigenvalue weighted by molar-refractivity contribution is 7.07. The number of hydrogen-bond acceptors (Lipinski definition) is 4. The van der Waals surface area contributed by atoms with Crippen molar-refractivity contribution in [3.05, 3.63) is 22.9 Å². The van der Waals surface area contributed by atoms with Gasteiger partial charge in [0.25, 0.3) is 0 Å². The minimum atomic E-state index is 0.627. The van der Waals surface area contributed by atoms with Crippen LogP contribution in [-0.4, -0.2) is 13.2 Å². The second-order valence-corrected chi connectivity index (χ2v) is 4.74. The molecule has 0 amide bonds. The summed E-state index contributed by atoms with van der Waals surface area (Å²) >= 11 is 1.71. The smallest absolute Gasteiger partial charge is 0.0853 e. The van der Waals surface area contributed by atoms with Gasteiger partial charge in [-0.15, -0.1) is 0 Å². The van der Waals surface area contributed by atoms with Gasteiger partial charge in [-0.2, -0.15) is 11.3 Å². The largest absolute Gasteiger partial charge is 0.206 e. The van der Waals surface area contributed by atoms with Gasteiger partial charge in [-0.25, -0.2) is 9.78 Å². The molecule has 106 valence electrons. The summed E-state index contributed by atoms with van der Waals surface area (Å²) in [7, 11) is 0. The molecule has 3 nitrogen and oxygen atoms in total. The second-order valence-electron chi connectivity index (χ2n) is 3.92. The Balaban J connectivity index is 0.000000473. The molecule has 0 aliphatic heterocycles. The van der Waals surface area contributed by atoms with Crippen LogP contribution < -0.4 is 0 Å². The Morgan fingerprint density at radius 3 is 1.61 bits per heavy atom. The Morgan fingerprint density at radius 2 is 1.28 bits per heavy atom. The monoisotopic (exact) mass is 274 g/mol. The average Bonchev–Trinajstić information content (AvgIpc) is 2.96. The molecule has 0 saturated carbocycles. The molecule has 0 aliphatic rings. The van der Waals surface area contributed by atoms with Gasteiger partial charge in [0.2, 0.25) is 0 Å². The van der Waals surface area contributed by atoms with Crippen molar-refractivity contribution in [2.24, 2.45) is 0 Å². The predicted molar refractivity (Wildman–Crippen MR) is 76.4 cm³/mol. The molecule has 0 fully saturated rings. The highest BCUT2D eigenvalue weighted by atomic mass is 32.1. The van der Waals surface area contributed by atoms with Crippen LogP contribution in [-0.2, 0) is 14.8 Å². The number of thiophene rings is 1. The molecule has 4 heteroatoms. The Morgan fingerprint density at radius 1 is 0.778 bits per heavy atom. The van der Waals surface area contributed by atoms with Crippen LogP contribution in [0.5, 0.6) is 0 Å². The van der Waals surface area contributed by atoms with Crippen LogP contribution in [0, 0.1) is 0 Å². The SMILES string of the molecule is CCCCCOOOCCCCC.c1ccsc1. The van der Waals surface area contributed by atoms with E-state index in [-0.39, 0.29) is 0 Å². The van der Waals surface area contributed by atoms with Crippen LogP contribution >= 0.6 is 11.3 Å². The van der Waals surface area contributed by atoms with Crippen LogP contribution in [0.15, 0.2) is 22.9 Å². The Kier molecular flexibility index (Phi) is 16.2. The van der Waals surface area contributed by atoms with Crippen molar-refractivity contribution in [3.8, 4) is 0 Å².